The van der Waals surface area contributed by atoms with Crippen molar-refractivity contribution < 1.29 is 9.53 Å². The zero-order valence-electron chi connectivity index (χ0n) is 7.71. The molecule has 1 saturated heterocycles. The van der Waals surface area contributed by atoms with Crippen molar-refractivity contribution in [3.05, 3.63) is 0 Å². The van der Waals surface area contributed by atoms with E-state index >= 15 is 0 Å². The molecule has 1 heterocycles. The van der Waals surface area contributed by atoms with Crippen molar-refractivity contribution in [2.75, 3.05) is 19.7 Å². The van der Waals surface area contributed by atoms with E-state index in [1.807, 2.05) is 0 Å². The van der Waals surface area contributed by atoms with Crippen LogP contribution in [0.4, 0.5) is 0 Å². The molecule has 2 rings (SSSR count). The smallest absolute Gasteiger partial charge is 0.250 e. The van der Waals surface area contributed by atoms with Gasteiger partial charge >= 0.3 is 0 Å². The zero-order chi connectivity index (χ0) is 9.10. The lowest BCUT2D eigenvalue weighted by atomic mass is 9.93. The summed E-state index contributed by atoms with van der Waals surface area (Å²) in [6.07, 6.45) is 3.24. The van der Waals surface area contributed by atoms with Crippen LogP contribution >= 0.6 is 0 Å². The van der Waals surface area contributed by atoms with E-state index in [1.54, 1.807) is 0 Å². The van der Waals surface area contributed by atoms with Crippen LogP contribution in [0.3, 0.4) is 0 Å². The average Bonchev–Trinajstić information content (AvgIpc) is 2.12. The number of hydrogen-bond donors (Lipinski definition) is 2. The summed E-state index contributed by atoms with van der Waals surface area (Å²) < 4.78 is 5.33. The number of ether oxygens (including phenoxy) is 1. The summed E-state index contributed by atoms with van der Waals surface area (Å²) in [5, 5.41) is 6.12. The Morgan fingerprint density at radius 1 is 1.46 bits per heavy atom. The molecule has 0 radical (unpaired) electrons. The van der Waals surface area contributed by atoms with Gasteiger partial charge in [-0.1, -0.05) is 0 Å². The van der Waals surface area contributed by atoms with Gasteiger partial charge in [-0.3, -0.25) is 4.79 Å². The van der Waals surface area contributed by atoms with Crippen LogP contribution in [0, 0.1) is 0 Å². The van der Waals surface area contributed by atoms with Gasteiger partial charge in [-0.25, -0.2) is 0 Å². The minimum atomic E-state index is -0.269. The third kappa shape index (κ3) is 2.19. The SMILES string of the molecule is O=C(NC1CCC1)C1CNCCO1. The molecular weight excluding hydrogens is 168 g/mol. The van der Waals surface area contributed by atoms with Gasteiger partial charge < -0.3 is 15.4 Å². The summed E-state index contributed by atoms with van der Waals surface area (Å²) in [5.74, 6) is 0.0527. The fourth-order valence-corrected chi connectivity index (χ4v) is 1.58. The van der Waals surface area contributed by atoms with E-state index in [0.29, 0.717) is 19.2 Å². The van der Waals surface area contributed by atoms with Gasteiger partial charge in [0.25, 0.3) is 5.91 Å². The lowest BCUT2D eigenvalue weighted by Crippen LogP contribution is -2.51. The average molecular weight is 184 g/mol. The molecule has 1 unspecified atom stereocenters. The highest BCUT2D eigenvalue weighted by Crippen LogP contribution is 2.18. The van der Waals surface area contributed by atoms with E-state index in [2.05, 4.69) is 10.6 Å². The normalized spacial score (nSPS) is 29.4. The maximum atomic E-state index is 11.5. The van der Waals surface area contributed by atoms with Crippen molar-refractivity contribution in [1.29, 1.82) is 0 Å². The van der Waals surface area contributed by atoms with Crippen molar-refractivity contribution in [2.45, 2.75) is 31.4 Å². The molecule has 13 heavy (non-hydrogen) atoms. The quantitative estimate of drug-likeness (QED) is 0.616. The number of amides is 1. The molecule has 2 fully saturated rings. The topological polar surface area (TPSA) is 50.4 Å². The Balaban J connectivity index is 1.74. The number of rotatable bonds is 2. The van der Waals surface area contributed by atoms with Gasteiger partial charge in [0.05, 0.1) is 6.61 Å². The van der Waals surface area contributed by atoms with E-state index in [0.717, 1.165) is 19.4 Å². The van der Waals surface area contributed by atoms with Crippen molar-refractivity contribution >= 4 is 5.91 Å². The molecule has 2 N–H and O–H groups in total. The molecule has 1 amide bonds. The van der Waals surface area contributed by atoms with Crippen LogP contribution < -0.4 is 10.6 Å². The second-order valence-corrected chi connectivity index (χ2v) is 3.70. The third-order valence-electron chi connectivity index (χ3n) is 2.67. The van der Waals surface area contributed by atoms with Gasteiger partial charge in [-0.15, -0.1) is 0 Å². The van der Waals surface area contributed by atoms with Gasteiger partial charge in [0, 0.05) is 19.1 Å². The number of carbonyl (C=O) groups excluding carboxylic acids is 1. The molecule has 0 bridgehead atoms. The molecule has 0 aromatic carbocycles. The summed E-state index contributed by atoms with van der Waals surface area (Å²) in [5.41, 5.74) is 0. The van der Waals surface area contributed by atoms with Crippen molar-refractivity contribution in [2.24, 2.45) is 0 Å². The summed E-state index contributed by atoms with van der Waals surface area (Å²) >= 11 is 0. The van der Waals surface area contributed by atoms with Crippen molar-refractivity contribution in [1.82, 2.24) is 10.6 Å². The number of hydrogen-bond acceptors (Lipinski definition) is 3. The maximum Gasteiger partial charge on any atom is 0.250 e. The predicted octanol–water partition coefficient (Wildman–Crippen LogP) is -0.357. The molecule has 4 nitrogen and oxygen atoms in total. The molecule has 1 aliphatic heterocycles. The van der Waals surface area contributed by atoms with Gasteiger partial charge in [0.15, 0.2) is 0 Å². The fraction of sp³-hybridized carbons (Fsp3) is 0.889. The number of carbonyl (C=O) groups is 1. The first-order chi connectivity index (χ1) is 6.36. The lowest BCUT2D eigenvalue weighted by molar-refractivity contribution is -0.135. The molecule has 74 valence electrons. The Hall–Kier alpha value is -0.610. The number of morpholine rings is 1. The molecular formula is C9H16N2O2. The molecule has 1 saturated carbocycles. The van der Waals surface area contributed by atoms with Crippen LogP contribution in [0.1, 0.15) is 19.3 Å². The lowest BCUT2D eigenvalue weighted by Gasteiger charge is -2.30. The highest BCUT2D eigenvalue weighted by atomic mass is 16.5. The van der Waals surface area contributed by atoms with Crippen LogP contribution in [0.2, 0.25) is 0 Å². The molecule has 0 aromatic heterocycles. The van der Waals surface area contributed by atoms with Gasteiger partial charge in [-0.05, 0) is 19.3 Å². The summed E-state index contributed by atoms with van der Waals surface area (Å²) in [7, 11) is 0. The highest BCUT2D eigenvalue weighted by molar-refractivity contribution is 5.81. The standard InChI is InChI=1S/C9H16N2O2/c12-9(11-7-2-1-3-7)8-6-10-4-5-13-8/h7-8,10H,1-6H2,(H,11,12). The van der Waals surface area contributed by atoms with Crippen LogP contribution in [0.15, 0.2) is 0 Å². The van der Waals surface area contributed by atoms with E-state index in [1.165, 1.54) is 6.42 Å². The second kappa shape index (κ2) is 4.07. The highest BCUT2D eigenvalue weighted by Gasteiger charge is 2.26. The molecule has 0 aromatic rings. The predicted molar refractivity (Wildman–Crippen MR) is 48.4 cm³/mol. The molecule has 1 atom stereocenters. The summed E-state index contributed by atoms with van der Waals surface area (Å²) in [4.78, 5) is 11.5. The molecule has 0 spiro atoms. The summed E-state index contributed by atoms with van der Waals surface area (Å²) in [6.45, 7) is 2.15. The monoisotopic (exact) mass is 184 g/mol. The Morgan fingerprint density at radius 3 is 2.85 bits per heavy atom. The Morgan fingerprint density at radius 2 is 2.31 bits per heavy atom. The summed E-state index contributed by atoms with van der Waals surface area (Å²) in [6, 6.07) is 0.415. The second-order valence-electron chi connectivity index (χ2n) is 3.70. The fourth-order valence-electron chi connectivity index (χ4n) is 1.58. The van der Waals surface area contributed by atoms with Crippen LogP contribution in [-0.4, -0.2) is 37.7 Å². The van der Waals surface area contributed by atoms with Crippen molar-refractivity contribution in [3.8, 4) is 0 Å². The van der Waals surface area contributed by atoms with Crippen LogP contribution in [-0.2, 0) is 9.53 Å². The molecule has 4 heteroatoms. The minimum Gasteiger partial charge on any atom is -0.366 e. The number of nitrogens with one attached hydrogen (secondary N) is 2. The van der Waals surface area contributed by atoms with Gasteiger partial charge in [0.2, 0.25) is 0 Å². The Labute approximate surface area is 78.0 Å². The van der Waals surface area contributed by atoms with Crippen molar-refractivity contribution in [3.63, 3.8) is 0 Å². The van der Waals surface area contributed by atoms with Crippen LogP contribution in [0.5, 0.6) is 0 Å². The molecule has 2 aliphatic rings. The maximum absolute atomic E-state index is 11.5. The Bertz CT molecular complexity index is 186. The largest absolute Gasteiger partial charge is 0.366 e. The van der Waals surface area contributed by atoms with Crippen LogP contribution in [0.25, 0.3) is 0 Å². The van der Waals surface area contributed by atoms with Gasteiger partial charge in [-0.2, -0.15) is 0 Å². The first kappa shape index (κ1) is 8.97. The van der Waals surface area contributed by atoms with E-state index in [-0.39, 0.29) is 12.0 Å². The minimum absolute atomic E-state index is 0.0527. The van der Waals surface area contributed by atoms with E-state index in [4.69, 9.17) is 4.74 Å². The first-order valence-corrected chi connectivity index (χ1v) is 4.99. The first-order valence-electron chi connectivity index (χ1n) is 4.99. The third-order valence-corrected chi connectivity index (χ3v) is 2.67. The Kier molecular flexibility index (Phi) is 2.80. The van der Waals surface area contributed by atoms with E-state index in [9.17, 15) is 4.79 Å². The van der Waals surface area contributed by atoms with Gasteiger partial charge in [0.1, 0.15) is 6.10 Å². The zero-order valence-corrected chi connectivity index (χ0v) is 7.71. The van der Waals surface area contributed by atoms with E-state index < -0.39 is 0 Å². The molecule has 1 aliphatic carbocycles.